The molecule has 0 amide bonds. The number of likely N-dealkylation sites (N-methyl/N-ethyl adjacent to an activating group) is 1. The zero-order valence-electron chi connectivity index (χ0n) is 10.1. The fourth-order valence-electron chi connectivity index (χ4n) is 2.45. The number of hydrogen-bond donors (Lipinski definition) is 1. The van der Waals surface area contributed by atoms with Crippen molar-refractivity contribution in [3.63, 3.8) is 0 Å². The predicted octanol–water partition coefficient (Wildman–Crippen LogP) is 3.32. The average molecular weight is 215 g/mol. The number of nitrogens with one attached hydrogen (secondary N) is 1. The minimum Gasteiger partial charge on any atom is -0.313 e. The number of allylic oxidation sites excluding steroid dienone is 1. The Hall–Kier alpha value is -1.08. The van der Waals surface area contributed by atoms with Crippen LogP contribution in [0.2, 0.25) is 0 Å². The molecule has 86 valence electrons. The van der Waals surface area contributed by atoms with Gasteiger partial charge in [0.25, 0.3) is 0 Å². The summed E-state index contributed by atoms with van der Waals surface area (Å²) in [4.78, 5) is 0. The molecule has 0 spiro atoms. The summed E-state index contributed by atoms with van der Waals surface area (Å²) in [5.41, 5.74) is 3.03. The van der Waals surface area contributed by atoms with E-state index in [1.54, 1.807) is 5.57 Å². The lowest BCUT2D eigenvalue weighted by Gasteiger charge is -2.23. The lowest BCUT2D eigenvalue weighted by atomic mass is 9.90. The zero-order valence-corrected chi connectivity index (χ0v) is 10.1. The molecular weight excluding hydrogens is 194 g/mol. The van der Waals surface area contributed by atoms with Crippen LogP contribution in [0.1, 0.15) is 31.2 Å². The van der Waals surface area contributed by atoms with Crippen molar-refractivity contribution in [1.82, 2.24) is 5.32 Å². The Labute approximate surface area is 98.6 Å². The Morgan fingerprint density at radius 3 is 2.62 bits per heavy atom. The second kappa shape index (κ2) is 5.86. The monoisotopic (exact) mass is 215 g/mol. The molecule has 1 atom stereocenters. The van der Waals surface area contributed by atoms with Crippen LogP contribution in [0.4, 0.5) is 0 Å². The highest BCUT2D eigenvalue weighted by molar-refractivity contribution is 5.21. The Balaban J connectivity index is 2.03. The molecule has 1 nitrogen and oxygen atoms in total. The molecule has 1 aliphatic rings. The van der Waals surface area contributed by atoms with Crippen LogP contribution in [-0.2, 0) is 6.42 Å². The van der Waals surface area contributed by atoms with E-state index in [1.807, 2.05) is 0 Å². The summed E-state index contributed by atoms with van der Waals surface area (Å²) in [6.07, 6.45) is 8.82. The van der Waals surface area contributed by atoms with Crippen LogP contribution < -0.4 is 5.32 Å². The molecule has 0 heterocycles. The highest BCUT2D eigenvalue weighted by Crippen LogP contribution is 2.22. The van der Waals surface area contributed by atoms with E-state index >= 15 is 0 Å². The van der Waals surface area contributed by atoms with E-state index < -0.39 is 0 Å². The summed E-state index contributed by atoms with van der Waals surface area (Å²) < 4.78 is 0. The SMILES string of the molecule is CNC(Cc1ccccc1)C1=CCCCC1. The van der Waals surface area contributed by atoms with Crippen LogP contribution in [0.3, 0.4) is 0 Å². The minimum absolute atomic E-state index is 0.530. The highest BCUT2D eigenvalue weighted by atomic mass is 14.9. The fourth-order valence-corrected chi connectivity index (χ4v) is 2.45. The molecule has 1 aromatic rings. The Morgan fingerprint density at radius 1 is 1.19 bits per heavy atom. The molecule has 0 saturated heterocycles. The van der Waals surface area contributed by atoms with Crippen LogP contribution >= 0.6 is 0 Å². The standard InChI is InChI=1S/C15H21N/c1-16-15(14-10-6-3-7-11-14)12-13-8-4-2-5-9-13/h2,4-5,8-10,15-16H,3,6-7,11-12H2,1H3. The first-order chi connectivity index (χ1) is 7.90. The van der Waals surface area contributed by atoms with E-state index in [0.717, 1.165) is 6.42 Å². The number of rotatable bonds is 4. The van der Waals surface area contributed by atoms with Crippen LogP contribution in [0.5, 0.6) is 0 Å². The first-order valence-electron chi connectivity index (χ1n) is 6.30. The van der Waals surface area contributed by atoms with E-state index in [9.17, 15) is 0 Å². The second-order valence-corrected chi connectivity index (χ2v) is 4.56. The topological polar surface area (TPSA) is 12.0 Å². The maximum atomic E-state index is 3.45. The third kappa shape index (κ3) is 2.96. The van der Waals surface area contributed by atoms with E-state index in [2.05, 4.69) is 48.8 Å². The van der Waals surface area contributed by atoms with Crippen molar-refractivity contribution in [3.8, 4) is 0 Å². The van der Waals surface area contributed by atoms with Gasteiger partial charge < -0.3 is 5.32 Å². The van der Waals surface area contributed by atoms with Gasteiger partial charge in [-0.3, -0.25) is 0 Å². The molecule has 1 aliphatic carbocycles. The van der Waals surface area contributed by atoms with E-state index in [1.165, 1.54) is 31.2 Å². The fraction of sp³-hybridized carbons (Fsp3) is 0.467. The maximum absolute atomic E-state index is 3.45. The number of benzene rings is 1. The van der Waals surface area contributed by atoms with Crippen LogP contribution in [0.25, 0.3) is 0 Å². The van der Waals surface area contributed by atoms with Gasteiger partial charge in [-0.1, -0.05) is 42.0 Å². The van der Waals surface area contributed by atoms with Crippen molar-refractivity contribution in [2.24, 2.45) is 0 Å². The quantitative estimate of drug-likeness (QED) is 0.760. The zero-order chi connectivity index (χ0) is 11.2. The summed E-state index contributed by atoms with van der Waals surface area (Å²) in [5.74, 6) is 0. The van der Waals surface area contributed by atoms with Gasteiger partial charge in [-0.05, 0) is 44.7 Å². The summed E-state index contributed by atoms with van der Waals surface area (Å²) in [5, 5.41) is 3.45. The molecule has 16 heavy (non-hydrogen) atoms. The van der Waals surface area contributed by atoms with Gasteiger partial charge in [-0.2, -0.15) is 0 Å². The van der Waals surface area contributed by atoms with E-state index in [4.69, 9.17) is 0 Å². The molecule has 0 radical (unpaired) electrons. The third-order valence-electron chi connectivity index (χ3n) is 3.40. The molecular formula is C15H21N. The Kier molecular flexibility index (Phi) is 4.17. The summed E-state index contributed by atoms with van der Waals surface area (Å²) in [7, 11) is 2.07. The van der Waals surface area contributed by atoms with Crippen LogP contribution in [0.15, 0.2) is 42.0 Å². The summed E-state index contributed by atoms with van der Waals surface area (Å²) >= 11 is 0. The first kappa shape index (κ1) is 11.4. The minimum atomic E-state index is 0.530. The molecule has 0 aliphatic heterocycles. The van der Waals surface area contributed by atoms with Crippen molar-refractivity contribution < 1.29 is 0 Å². The molecule has 1 aromatic carbocycles. The van der Waals surface area contributed by atoms with Crippen molar-refractivity contribution in [2.45, 2.75) is 38.1 Å². The van der Waals surface area contributed by atoms with E-state index in [-0.39, 0.29) is 0 Å². The average Bonchev–Trinajstić information content (AvgIpc) is 2.38. The largest absolute Gasteiger partial charge is 0.313 e. The van der Waals surface area contributed by atoms with Crippen molar-refractivity contribution in [1.29, 1.82) is 0 Å². The van der Waals surface area contributed by atoms with Crippen LogP contribution in [0, 0.1) is 0 Å². The molecule has 1 unspecified atom stereocenters. The van der Waals surface area contributed by atoms with Gasteiger partial charge >= 0.3 is 0 Å². The predicted molar refractivity (Wildman–Crippen MR) is 69.5 cm³/mol. The van der Waals surface area contributed by atoms with Crippen molar-refractivity contribution in [2.75, 3.05) is 7.05 Å². The molecule has 0 bridgehead atoms. The van der Waals surface area contributed by atoms with Crippen LogP contribution in [-0.4, -0.2) is 13.1 Å². The van der Waals surface area contributed by atoms with Gasteiger partial charge in [0.2, 0.25) is 0 Å². The lowest BCUT2D eigenvalue weighted by Crippen LogP contribution is -2.30. The Morgan fingerprint density at radius 2 is 2.00 bits per heavy atom. The number of hydrogen-bond acceptors (Lipinski definition) is 1. The van der Waals surface area contributed by atoms with Gasteiger partial charge in [0.1, 0.15) is 0 Å². The molecule has 0 aromatic heterocycles. The van der Waals surface area contributed by atoms with Gasteiger partial charge in [0.05, 0.1) is 0 Å². The maximum Gasteiger partial charge on any atom is 0.0317 e. The normalized spacial score (nSPS) is 17.9. The smallest absolute Gasteiger partial charge is 0.0317 e. The first-order valence-corrected chi connectivity index (χ1v) is 6.30. The van der Waals surface area contributed by atoms with E-state index in [0.29, 0.717) is 6.04 Å². The van der Waals surface area contributed by atoms with Crippen molar-refractivity contribution in [3.05, 3.63) is 47.5 Å². The lowest BCUT2D eigenvalue weighted by molar-refractivity contribution is 0.569. The van der Waals surface area contributed by atoms with Gasteiger partial charge in [-0.15, -0.1) is 0 Å². The summed E-state index contributed by atoms with van der Waals surface area (Å²) in [6, 6.07) is 11.3. The van der Waals surface area contributed by atoms with Gasteiger partial charge in [-0.25, -0.2) is 0 Å². The molecule has 0 fully saturated rings. The Bertz CT molecular complexity index is 340. The molecule has 0 saturated carbocycles. The van der Waals surface area contributed by atoms with Gasteiger partial charge in [0.15, 0.2) is 0 Å². The highest BCUT2D eigenvalue weighted by Gasteiger charge is 2.14. The molecule has 2 rings (SSSR count). The van der Waals surface area contributed by atoms with Gasteiger partial charge in [0, 0.05) is 6.04 Å². The second-order valence-electron chi connectivity index (χ2n) is 4.56. The third-order valence-corrected chi connectivity index (χ3v) is 3.40. The molecule has 1 heteroatoms. The summed E-state index contributed by atoms with van der Waals surface area (Å²) in [6.45, 7) is 0. The van der Waals surface area contributed by atoms with Crippen molar-refractivity contribution >= 4 is 0 Å². The molecule has 1 N–H and O–H groups in total.